The van der Waals surface area contributed by atoms with E-state index in [-0.39, 0.29) is 0 Å². The predicted molar refractivity (Wildman–Crippen MR) is 85.6 cm³/mol. The molecule has 0 aromatic rings. The number of hydrazine groups is 1. The molecule has 2 aliphatic heterocycles. The van der Waals surface area contributed by atoms with Crippen molar-refractivity contribution in [1.82, 2.24) is 25.1 Å². The lowest BCUT2D eigenvalue weighted by Crippen LogP contribution is -2.54. The molecule has 0 aromatic heterocycles. The lowest BCUT2D eigenvalue weighted by molar-refractivity contribution is -0.0296. The van der Waals surface area contributed by atoms with E-state index >= 15 is 0 Å². The normalized spacial score (nSPS) is 29.2. The van der Waals surface area contributed by atoms with E-state index in [0.29, 0.717) is 11.0 Å². The van der Waals surface area contributed by atoms with Gasteiger partial charge in [0, 0.05) is 26.2 Å². The zero-order valence-electron chi connectivity index (χ0n) is 12.5. The molecular formula is C12H27N5S2. The third-order valence-electron chi connectivity index (χ3n) is 3.48. The average molecular weight is 306 g/mol. The van der Waals surface area contributed by atoms with Crippen molar-refractivity contribution >= 4 is 21.6 Å². The Morgan fingerprint density at radius 3 is 2.16 bits per heavy atom. The molecule has 2 fully saturated rings. The summed E-state index contributed by atoms with van der Waals surface area (Å²) in [5.74, 6) is 0. The van der Waals surface area contributed by atoms with E-state index in [0.717, 1.165) is 13.1 Å². The number of hydrogen-bond acceptors (Lipinski definition) is 7. The second-order valence-electron chi connectivity index (χ2n) is 5.65. The van der Waals surface area contributed by atoms with Gasteiger partial charge in [-0.1, -0.05) is 21.6 Å². The van der Waals surface area contributed by atoms with E-state index in [9.17, 15) is 0 Å². The molecule has 7 heteroatoms. The van der Waals surface area contributed by atoms with Crippen LogP contribution in [0.3, 0.4) is 0 Å². The first-order valence-electron chi connectivity index (χ1n) is 6.99. The SMILES string of the molecule is CN(C)CCN(C1NC(N(C)C)SS1)N1CCCC1. The van der Waals surface area contributed by atoms with Gasteiger partial charge in [0.25, 0.3) is 0 Å². The third kappa shape index (κ3) is 4.49. The lowest BCUT2D eigenvalue weighted by atomic mass is 10.4. The topological polar surface area (TPSA) is 25.0 Å². The molecule has 5 nitrogen and oxygen atoms in total. The van der Waals surface area contributed by atoms with Gasteiger partial charge in [-0.15, -0.1) is 0 Å². The molecule has 2 atom stereocenters. The summed E-state index contributed by atoms with van der Waals surface area (Å²) >= 11 is 0. The van der Waals surface area contributed by atoms with Gasteiger partial charge in [0.1, 0.15) is 11.0 Å². The third-order valence-corrected chi connectivity index (χ3v) is 6.32. The summed E-state index contributed by atoms with van der Waals surface area (Å²) in [6.07, 6.45) is 2.67. The van der Waals surface area contributed by atoms with Crippen molar-refractivity contribution in [3.8, 4) is 0 Å². The largest absolute Gasteiger partial charge is 0.308 e. The molecule has 0 saturated carbocycles. The lowest BCUT2D eigenvalue weighted by Gasteiger charge is -2.36. The molecule has 1 N–H and O–H groups in total. The van der Waals surface area contributed by atoms with Gasteiger partial charge in [0.05, 0.1) is 0 Å². The van der Waals surface area contributed by atoms with E-state index in [1.54, 1.807) is 0 Å². The van der Waals surface area contributed by atoms with Crippen LogP contribution in [-0.4, -0.2) is 85.2 Å². The predicted octanol–water partition coefficient (Wildman–Crippen LogP) is 0.974. The molecule has 0 amide bonds. The van der Waals surface area contributed by atoms with Crippen molar-refractivity contribution in [3.63, 3.8) is 0 Å². The second-order valence-corrected chi connectivity index (χ2v) is 8.09. The molecule has 0 spiro atoms. The van der Waals surface area contributed by atoms with Crippen LogP contribution < -0.4 is 5.32 Å². The maximum absolute atomic E-state index is 3.71. The number of nitrogens with zero attached hydrogens (tertiary/aromatic N) is 4. The smallest absolute Gasteiger partial charge is 0.133 e. The minimum Gasteiger partial charge on any atom is -0.308 e. The fourth-order valence-electron chi connectivity index (χ4n) is 2.32. The zero-order valence-corrected chi connectivity index (χ0v) is 14.1. The highest BCUT2D eigenvalue weighted by molar-refractivity contribution is 8.77. The van der Waals surface area contributed by atoms with Crippen molar-refractivity contribution < 1.29 is 0 Å². The van der Waals surface area contributed by atoms with E-state index in [1.165, 1.54) is 25.9 Å². The Balaban J connectivity index is 1.92. The number of nitrogens with one attached hydrogen (secondary N) is 1. The summed E-state index contributed by atoms with van der Waals surface area (Å²) in [4.78, 5) is 4.50. The molecule has 2 rings (SSSR count). The van der Waals surface area contributed by atoms with Crippen LogP contribution in [0.25, 0.3) is 0 Å². The summed E-state index contributed by atoms with van der Waals surface area (Å²) in [6.45, 7) is 4.62. The molecule has 0 aromatic carbocycles. The summed E-state index contributed by atoms with van der Waals surface area (Å²) < 4.78 is 0. The van der Waals surface area contributed by atoms with Gasteiger partial charge in [-0.3, -0.25) is 10.2 Å². The Morgan fingerprint density at radius 1 is 1.00 bits per heavy atom. The molecule has 2 heterocycles. The van der Waals surface area contributed by atoms with Crippen molar-refractivity contribution in [2.24, 2.45) is 0 Å². The van der Waals surface area contributed by atoms with Gasteiger partial charge in [0.15, 0.2) is 0 Å². The highest BCUT2D eigenvalue weighted by Gasteiger charge is 2.34. The number of likely N-dealkylation sites (N-methyl/N-ethyl adjacent to an activating group) is 1. The van der Waals surface area contributed by atoms with Crippen molar-refractivity contribution in [2.45, 2.75) is 23.8 Å². The molecular weight excluding hydrogens is 278 g/mol. The van der Waals surface area contributed by atoms with Crippen LogP contribution in [-0.2, 0) is 0 Å². The van der Waals surface area contributed by atoms with Crippen LogP contribution in [0.2, 0.25) is 0 Å². The van der Waals surface area contributed by atoms with E-state index in [1.807, 2.05) is 21.6 Å². The van der Waals surface area contributed by atoms with Gasteiger partial charge in [-0.2, -0.15) is 0 Å². The number of hydrogen-bond donors (Lipinski definition) is 1. The fourth-order valence-corrected chi connectivity index (χ4v) is 5.28. The Morgan fingerprint density at radius 2 is 1.63 bits per heavy atom. The quantitative estimate of drug-likeness (QED) is 0.730. The Labute approximate surface area is 125 Å². The van der Waals surface area contributed by atoms with E-state index in [2.05, 4.69) is 53.3 Å². The molecule has 2 unspecified atom stereocenters. The molecule has 0 radical (unpaired) electrons. The fraction of sp³-hybridized carbons (Fsp3) is 1.00. The van der Waals surface area contributed by atoms with E-state index in [4.69, 9.17) is 0 Å². The molecule has 19 heavy (non-hydrogen) atoms. The van der Waals surface area contributed by atoms with Gasteiger partial charge < -0.3 is 4.90 Å². The van der Waals surface area contributed by atoms with Crippen molar-refractivity contribution in [1.29, 1.82) is 0 Å². The first kappa shape index (κ1) is 15.9. The van der Waals surface area contributed by atoms with E-state index < -0.39 is 0 Å². The van der Waals surface area contributed by atoms with Crippen LogP contribution in [0.1, 0.15) is 12.8 Å². The minimum absolute atomic E-state index is 0.399. The Kier molecular flexibility index (Phi) is 6.26. The van der Waals surface area contributed by atoms with Crippen LogP contribution in [0.5, 0.6) is 0 Å². The van der Waals surface area contributed by atoms with Crippen molar-refractivity contribution in [2.75, 3.05) is 54.4 Å². The average Bonchev–Trinajstić information content (AvgIpc) is 2.98. The summed E-state index contributed by atoms with van der Waals surface area (Å²) in [6, 6.07) is 0. The van der Waals surface area contributed by atoms with Crippen molar-refractivity contribution in [3.05, 3.63) is 0 Å². The summed E-state index contributed by atoms with van der Waals surface area (Å²) in [7, 11) is 12.4. The number of rotatable bonds is 6. The molecule has 112 valence electrons. The van der Waals surface area contributed by atoms with Gasteiger partial charge in [-0.25, -0.2) is 10.0 Å². The maximum atomic E-state index is 3.71. The highest BCUT2D eigenvalue weighted by Crippen LogP contribution is 2.39. The van der Waals surface area contributed by atoms with Gasteiger partial charge in [0.2, 0.25) is 0 Å². The Hall–Kier alpha value is 0.500. The van der Waals surface area contributed by atoms with Crippen LogP contribution in [0.15, 0.2) is 0 Å². The highest BCUT2D eigenvalue weighted by atomic mass is 33.1. The van der Waals surface area contributed by atoms with Crippen LogP contribution in [0, 0.1) is 0 Å². The first-order chi connectivity index (χ1) is 9.08. The van der Waals surface area contributed by atoms with Gasteiger partial charge in [-0.05, 0) is 41.0 Å². The standard InChI is InChI=1S/C12H27N5S2/c1-14(2)9-10-17(16-7-5-6-8-16)12-13-11(15(3)4)18-19-12/h11-13H,5-10H2,1-4H3. The second kappa shape index (κ2) is 7.49. The zero-order chi connectivity index (χ0) is 13.8. The monoisotopic (exact) mass is 305 g/mol. The Bertz CT molecular complexity index is 271. The maximum Gasteiger partial charge on any atom is 0.133 e. The minimum atomic E-state index is 0.399. The molecule has 0 bridgehead atoms. The summed E-state index contributed by atoms with van der Waals surface area (Å²) in [5.41, 5.74) is 0.815. The molecule has 2 aliphatic rings. The van der Waals surface area contributed by atoms with Gasteiger partial charge >= 0.3 is 0 Å². The van der Waals surface area contributed by atoms with Crippen LogP contribution >= 0.6 is 21.6 Å². The first-order valence-corrected chi connectivity index (χ1v) is 9.26. The summed E-state index contributed by atoms with van der Waals surface area (Å²) in [5, 5.41) is 8.78. The van der Waals surface area contributed by atoms with Crippen LogP contribution in [0.4, 0.5) is 0 Å². The molecule has 0 aliphatic carbocycles. The molecule has 2 saturated heterocycles.